The molecule has 0 saturated carbocycles. The van der Waals surface area contributed by atoms with Crippen molar-refractivity contribution in [3.8, 4) is 0 Å². The minimum absolute atomic E-state index is 0.00968. The SMILES string of the molecule is C[C@@H]1C[C@H](O)CN(Cc2cc(C(N)=O)nc3c2CCC3(C)C)C1. The number of primary amides is 1. The number of carbonyl (C=O) groups excluding carboxylic acids is 1. The number of aromatic nitrogens is 1. The zero-order valence-corrected chi connectivity index (χ0v) is 14.3. The standard InChI is InChI=1S/C18H27N3O2/c1-11-6-13(22)10-21(8-11)9-12-7-15(17(19)23)20-16-14(12)4-5-18(16,2)3/h7,11,13,22H,4-6,8-10H2,1-3H3,(H2,19,23)/t11-,13+/m1/s1. The van der Waals surface area contributed by atoms with Gasteiger partial charge in [-0.25, -0.2) is 4.98 Å². The Balaban J connectivity index is 1.94. The van der Waals surface area contributed by atoms with Crippen LogP contribution < -0.4 is 5.73 Å². The van der Waals surface area contributed by atoms with Crippen molar-refractivity contribution in [2.45, 2.75) is 58.1 Å². The summed E-state index contributed by atoms with van der Waals surface area (Å²) in [5.74, 6) is 0.0180. The van der Waals surface area contributed by atoms with Crippen LogP contribution >= 0.6 is 0 Å². The van der Waals surface area contributed by atoms with Gasteiger partial charge >= 0.3 is 0 Å². The molecule has 1 amide bonds. The van der Waals surface area contributed by atoms with Gasteiger partial charge < -0.3 is 10.8 Å². The summed E-state index contributed by atoms with van der Waals surface area (Å²) in [6.07, 6.45) is 2.64. The van der Waals surface area contributed by atoms with Crippen molar-refractivity contribution < 1.29 is 9.90 Å². The third-order valence-electron chi connectivity index (χ3n) is 5.22. The van der Waals surface area contributed by atoms with Crippen molar-refractivity contribution in [1.29, 1.82) is 0 Å². The van der Waals surface area contributed by atoms with Gasteiger partial charge in [-0.15, -0.1) is 0 Å². The van der Waals surface area contributed by atoms with Crippen molar-refractivity contribution in [2.75, 3.05) is 13.1 Å². The first-order chi connectivity index (χ1) is 10.8. The summed E-state index contributed by atoms with van der Waals surface area (Å²) < 4.78 is 0. The third kappa shape index (κ3) is 3.26. The van der Waals surface area contributed by atoms with Gasteiger partial charge in [-0.1, -0.05) is 20.8 Å². The number of aliphatic hydroxyl groups is 1. The number of β-amino-alcohol motifs (C(OH)–C–C–N with tert-alkyl or cyclic N) is 1. The molecule has 5 heteroatoms. The molecule has 0 unspecified atom stereocenters. The van der Waals surface area contributed by atoms with E-state index >= 15 is 0 Å². The van der Waals surface area contributed by atoms with Gasteiger partial charge in [-0.3, -0.25) is 9.69 Å². The number of piperidine rings is 1. The van der Waals surface area contributed by atoms with Crippen LogP contribution in [0.4, 0.5) is 0 Å². The molecule has 0 radical (unpaired) electrons. The predicted octanol–water partition coefficient (Wildman–Crippen LogP) is 1.61. The van der Waals surface area contributed by atoms with Crippen LogP contribution in [0.5, 0.6) is 0 Å². The van der Waals surface area contributed by atoms with Gasteiger partial charge in [0.15, 0.2) is 0 Å². The van der Waals surface area contributed by atoms with E-state index < -0.39 is 5.91 Å². The van der Waals surface area contributed by atoms with Crippen molar-refractivity contribution in [2.24, 2.45) is 11.7 Å². The summed E-state index contributed by atoms with van der Waals surface area (Å²) in [5.41, 5.74) is 9.28. The molecule has 0 spiro atoms. The van der Waals surface area contributed by atoms with Crippen LogP contribution in [0.2, 0.25) is 0 Å². The Hall–Kier alpha value is -1.46. The molecule has 2 heterocycles. The number of rotatable bonds is 3. The van der Waals surface area contributed by atoms with E-state index in [0.29, 0.717) is 18.2 Å². The van der Waals surface area contributed by atoms with Crippen molar-refractivity contribution >= 4 is 5.91 Å². The minimum atomic E-state index is -0.469. The number of likely N-dealkylation sites (tertiary alicyclic amines) is 1. The number of amides is 1. The molecule has 3 N–H and O–H groups in total. The van der Waals surface area contributed by atoms with Gasteiger partial charge in [-0.05, 0) is 42.4 Å². The van der Waals surface area contributed by atoms with Crippen LogP contribution in [-0.4, -0.2) is 40.1 Å². The minimum Gasteiger partial charge on any atom is -0.392 e. The number of nitrogens with two attached hydrogens (primary N) is 1. The Bertz CT molecular complexity index is 617. The maximum absolute atomic E-state index is 11.7. The second-order valence-electron chi connectivity index (χ2n) is 7.93. The molecular weight excluding hydrogens is 290 g/mol. The lowest BCUT2D eigenvalue weighted by atomic mass is 9.90. The fourth-order valence-electron chi connectivity index (χ4n) is 4.08. The first kappa shape index (κ1) is 16.4. The average molecular weight is 317 g/mol. The average Bonchev–Trinajstić information content (AvgIpc) is 2.73. The summed E-state index contributed by atoms with van der Waals surface area (Å²) in [6.45, 7) is 8.94. The summed E-state index contributed by atoms with van der Waals surface area (Å²) in [7, 11) is 0. The van der Waals surface area contributed by atoms with E-state index in [1.165, 1.54) is 5.56 Å². The molecule has 1 aromatic heterocycles. The molecule has 0 bridgehead atoms. The molecule has 1 aliphatic heterocycles. The van der Waals surface area contributed by atoms with Gasteiger partial charge in [0, 0.05) is 25.0 Å². The zero-order chi connectivity index (χ0) is 16.8. The smallest absolute Gasteiger partial charge is 0.267 e. The zero-order valence-electron chi connectivity index (χ0n) is 14.3. The van der Waals surface area contributed by atoms with E-state index in [-0.39, 0.29) is 11.5 Å². The lowest BCUT2D eigenvalue weighted by molar-refractivity contribution is 0.0407. The second kappa shape index (κ2) is 5.87. The summed E-state index contributed by atoms with van der Waals surface area (Å²) in [6, 6.07) is 1.86. The molecule has 2 atom stereocenters. The first-order valence-electron chi connectivity index (χ1n) is 8.50. The third-order valence-corrected chi connectivity index (χ3v) is 5.22. The van der Waals surface area contributed by atoms with Crippen LogP contribution in [0, 0.1) is 5.92 Å². The molecule has 5 nitrogen and oxygen atoms in total. The molecule has 126 valence electrons. The Morgan fingerprint density at radius 1 is 1.48 bits per heavy atom. The topological polar surface area (TPSA) is 79.5 Å². The Morgan fingerprint density at radius 3 is 2.87 bits per heavy atom. The first-order valence-corrected chi connectivity index (χ1v) is 8.50. The van der Waals surface area contributed by atoms with Gasteiger partial charge in [-0.2, -0.15) is 0 Å². The lowest BCUT2D eigenvalue weighted by Gasteiger charge is -2.34. The maximum Gasteiger partial charge on any atom is 0.267 e. The number of hydrogen-bond donors (Lipinski definition) is 2. The van der Waals surface area contributed by atoms with E-state index in [9.17, 15) is 9.90 Å². The van der Waals surface area contributed by atoms with Crippen molar-refractivity contribution in [3.63, 3.8) is 0 Å². The predicted molar refractivity (Wildman–Crippen MR) is 89.2 cm³/mol. The molecule has 1 saturated heterocycles. The molecule has 3 rings (SSSR count). The molecule has 0 aromatic carbocycles. The maximum atomic E-state index is 11.7. The largest absolute Gasteiger partial charge is 0.392 e. The fourth-order valence-corrected chi connectivity index (χ4v) is 4.08. The van der Waals surface area contributed by atoms with Gasteiger partial charge in [0.2, 0.25) is 0 Å². The lowest BCUT2D eigenvalue weighted by Crippen LogP contribution is -2.42. The molecule has 1 fully saturated rings. The van der Waals surface area contributed by atoms with Gasteiger partial charge in [0.05, 0.1) is 11.8 Å². The summed E-state index contributed by atoms with van der Waals surface area (Å²) in [5, 5.41) is 10.0. The van der Waals surface area contributed by atoms with Gasteiger partial charge in [0.25, 0.3) is 5.91 Å². The molecule has 1 aliphatic carbocycles. The van der Waals surface area contributed by atoms with Crippen LogP contribution in [-0.2, 0) is 18.4 Å². The normalized spacial score (nSPS) is 27.0. The van der Waals surface area contributed by atoms with Crippen LogP contribution in [0.15, 0.2) is 6.07 Å². The molecular formula is C18H27N3O2. The number of aliphatic hydroxyl groups excluding tert-OH is 1. The van der Waals surface area contributed by atoms with E-state index in [0.717, 1.165) is 43.6 Å². The van der Waals surface area contributed by atoms with Gasteiger partial charge in [0.1, 0.15) is 5.69 Å². The fraction of sp³-hybridized carbons (Fsp3) is 0.667. The van der Waals surface area contributed by atoms with Crippen molar-refractivity contribution in [3.05, 3.63) is 28.6 Å². The highest BCUT2D eigenvalue weighted by Gasteiger charge is 2.34. The highest BCUT2D eigenvalue weighted by atomic mass is 16.3. The number of carbonyl (C=O) groups is 1. The second-order valence-corrected chi connectivity index (χ2v) is 7.93. The van der Waals surface area contributed by atoms with E-state index in [2.05, 4.69) is 30.7 Å². The number of pyridine rings is 1. The molecule has 23 heavy (non-hydrogen) atoms. The highest BCUT2D eigenvalue weighted by molar-refractivity contribution is 5.91. The Morgan fingerprint density at radius 2 is 2.22 bits per heavy atom. The van der Waals surface area contributed by atoms with Crippen LogP contribution in [0.3, 0.4) is 0 Å². The van der Waals surface area contributed by atoms with Crippen LogP contribution in [0.1, 0.15) is 60.9 Å². The molecule has 2 aliphatic rings. The molecule has 1 aromatic rings. The van der Waals surface area contributed by atoms with E-state index in [1.807, 2.05) is 6.07 Å². The monoisotopic (exact) mass is 317 g/mol. The number of hydrogen-bond acceptors (Lipinski definition) is 4. The van der Waals surface area contributed by atoms with Crippen molar-refractivity contribution in [1.82, 2.24) is 9.88 Å². The van der Waals surface area contributed by atoms with Crippen LogP contribution in [0.25, 0.3) is 0 Å². The summed E-state index contributed by atoms with van der Waals surface area (Å²) >= 11 is 0. The number of nitrogens with zero attached hydrogens (tertiary/aromatic N) is 2. The Labute approximate surface area is 137 Å². The number of fused-ring (bicyclic) bond motifs is 1. The van der Waals surface area contributed by atoms with E-state index in [4.69, 9.17) is 5.73 Å². The summed E-state index contributed by atoms with van der Waals surface area (Å²) in [4.78, 5) is 18.5. The highest BCUT2D eigenvalue weighted by Crippen LogP contribution is 2.39. The van der Waals surface area contributed by atoms with E-state index in [1.54, 1.807) is 0 Å². The quantitative estimate of drug-likeness (QED) is 0.887. The Kier molecular flexibility index (Phi) is 4.19.